The third-order valence-corrected chi connectivity index (χ3v) is 3.50. The number of methoxy groups -OCH3 is 1. The number of nitrogens with one attached hydrogen (secondary N) is 1. The summed E-state index contributed by atoms with van der Waals surface area (Å²) in [4.78, 5) is 1.89. The van der Waals surface area contributed by atoms with E-state index in [2.05, 4.69) is 5.32 Å². The standard InChI is InChI=1S/C14H19F3N2O.2ClH/c1-20-12-4-2-3-11(9-12)13(10-14(15,16)17)19-7-5-18-6-8-19;;/h2-4,9,13,18H,5-8,10H2,1H3;2*1H/t13-;;/m0../s1. The Hall–Kier alpha value is -0.690. The summed E-state index contributed by atoms with van der Waals surface area (Å²) in [6.45, 7) is 2.69. The molecule has 22 heavy (non-hydrogen) atoms. The van der Waals surface area contributed by atoms with Crippen molar-refractivity contribution in [3.63, 3.8) is 0 Å². The lowest BCUT2D eigenvalue weighted by Crippen LogP contribution is -2.46. The van der Waals surface area contributed by atoms with Gasteiger partial charge in [0.1, 0.15) is 5.75 Å². The number of rotatable bonds is 4. The molecule has 2 rings (SSSR count). The first-order valence-electron chi connectivity index (χ1n) is 6.65. The molecule has 0 radical (unpaired) electrons. The number of ether oxygens (including phenoxy) is 1. The van der Waals surface area contributed by atoms with Gasteiger partial charge in [0.05, 0.1) is 13.5 Å². The fourth-order valence-corrected chi connectivity index (χ4v) is 2.52. The van der Waals surface area contributed by atoms with Gasteiger partial charge in [0.15, 0.2) is 0 Å². The van der Waals surface area contributed by atoms with Crippen molar-refractivity contribution in [2.24, 2.45) is 0 Å². The second-order valence-electron chi connectivity index (χ2n) is 4.90. The van der Waals surface area contributed by atoms with Crippen LogP contribution in [0.1, 0.15) is 18.0 Å². The highest BCUT2D eigenvalue weighted by Gasteiger charge is 2.36. The minimum absolute atomic E-state index is 0. The van der Waals surface area contributed by atoms with Crippen molar-refractivity contribution in [3.05, 3.63) is 29.8 Å². The Labute approximate surface area is 141 Å². The number of alkyl halides is 3. The quantitative estimate of drug-likeness (QED) is 0.889. The first kappa shape index (κ1) is 21.3. The van der Waals surface area contributed by atoms with E-state index in [0.29, 0.717) is 24.4 Å². The Bertz CT molecular complexity index is 440. The van der Waals surface area contributed by atoms with Crippen LogP contribution >= 0.6 is 24.8 Å². The van der Waals surface area contributed by atoms with Crippen molar-refractivity contribution >= 4 is 24.8 Å². The van der Waals surface area contributed by atoms with Gasteiger partial charge in [-0.15, -0.1) is 24.8 Å². The summed E-state index contributed by atoms with van der Waals surface area (Å²) in [6.07, 6.45) is -5.02. The SMILES string of the molecule is COc1cccc([C@H](CC(F)(F)F)N2CCNCC2)c1.Cl.Cl. The van der Waals surface area contributed by atoms with E-state index in [0.717, 1.165) is 13.1 Å². The maximum Gasteiger partial charge on any atom is 0.390 e. The topological polar surface area (TPSA) is 24.5 Å². The van der Waals surface area contributed by atoms with Crippen LogP contribution in [-0.2, 0) is 0 Å². The van der Waals surface area contributed by atoms with E-state index in [9.17, 15) is 13.2 Å². The number of benzene rings is 1. The number of nitrogens with zero attached hydrogens (tertiary/aromatic N) is 1. The van der Waals surface area contributed by atoms with E-state index < -0.39 is 18.6 Å². The summed E-state index contributed by atoms with van der Waals surface area (Å²) in [5, 5.41) is 3.16. The molecule has 1 aromatic carbocycles. The van der Waals surface area contributed by atoms with E-state index in [1.54, 1.807) is 24.3 Å². The molecular formula is C14H21Cl2F3N2O. The molecule has 1 atom stereocenters. The lowest BCUT2D eigenvalue weighted by Gasteiger charge is -2.35. The highest BCUT2D eigenvalue weighted by atomic mass is 35.5. The zero-order valence-corrected chi connectivity index (χ0v) is 13.9. The van der Waals surface area contributed by atoms with Crippen molar-refractivity contribution in [1.82, 2.24) is 10.2 Å². The molecular weight excluding hydrogens is 340 g/mol. The van der Waals surface area contributed by atoms with Crippen LogP contribution < -0.4 is 10.1 Å². The minimum Gasteiger partial charge on any atom is -0.497 e. The molecule has 0 spiro atoms. The smallest absolute Gasteiger partial charge is 0.390 e. The van der Waals surface area contributed by atoms with E-state index in [1.807, 2.05) is 4.90 Å². The molecule has 1 saturated heterocycles. The molecule has 1 aromatic rings. The van der Waals surface area contributed by atoms with Crippen molar-refractivity contribution in [3.8, 4) is 5.75 Å². The molecule has 128 valence electrons. The maximum absolute atomic E-state index is 12.9. The molecule has 1 aliphatic rings. The van der Waals surface area contributed by atoms with Gasteiger partial charge in [-0.25, -0.2) is 0 Å². The molecule has 0 saturated carbocycles. The third kappa shape index (κ3) is 6.20. The molecule has 1 aliphatic heterocycles. The third-order valence-electron chi connectivity index (χ3n) is 3.50. The van der Waals surface area contributed by atoms with E-state index >= 15 is 0 Å². The van der Waals surface area contributed by atoms with Crippen LogP contribution in [0, 0.1) is 0 Å². The molecule has 0 amide bonds. The van der Waals surface area contributed by atoms with E-state index in [1.165, 1.54) is 7.11 Å². The molecule has 0 bridgehead atoms. The van der Waals surface area contributed by atoms with Crippen molar-refractivity contribution < 1.29 is 17.9 Å². The van der Waals surface area contributed by atoms with Crippen LogP contribution in [0.25, 0.3) is 0 Å². The molecule has 0 aliphatic carbocycles. The van der Waals surface area contributed by atoms with Crippen molar-refractivity contribution in [1.29, 1.82) is 0 Å². The van der Waals surface area contributed by atoms with Gasteiger partial charge in [-0.05, 0) is 17.7 Å². The zero-order chi connectivity index (χ0) is 14.6. The van der Waals surface area contributed by atoms with E-state index in [4.69, 9.17) is 4.74 Å². The van der Waals surface area contributed by atoms with Crippen molar-refractivity contribution in [2.45, 2.75) is 18.6 Å². The molecule has 8 heteroatoms. The maximum atomic E-state index is 12.9. The Morgan fingerprint density at radius 2 is 1.86 bits per heavy atom. The Kier molecular flexibility index (Phi) is 9.15. The molecule has 1 fully saturated rings. The summed E-state index contributed by atoms with van der Waals surface area (Å²) in [5.41, 5.74) is 0.656. The molecule has 3 nitrogen and oxygen atoms in total. The summed E-state index contributed by atoms with van der Waals surface area (Å²) in [6, 6.07) is 6.26. The van der Waals surface area contributed by atoms with Gasteiger partial charge in [0, 0.05) is 32.2 Å². The van der Waals surface area contributed by atoms with Gasteiger partial charge in [0.2, 0.25) is 0 Å². The second-order valence-corrected chi connectivity index (χ2v) is 4.90. The molecule has 1 N–H and O–H groups in total. The minimum atomic E-state index is -4.18. The van der Waals surface area contributed by atoms with Crippen LogP contribution in [0.5, 0.6) is 5.75 Å². The lowest BCUT2D eigenvalue weighted by atomic mass is 10.0. The fourth-order valence-electron chi connectivity index (χ4n) is 2.52. The highest BCUT2D eigenvalue weighted by molar-refractivity contribution is 5.85. The summed E-state index contributed by atoms with van der Waals surface area (Å²) < 4.78 is 43.7. The second kappa shape index (κ2) is 9.45. The van der Waals surface area contributed by atoms with Gasteiger partial charge in [-0.3, -0.25) is 4.90 Å². The number of halogens is 5. The predicted octanol–water partition coefficient (Wildman–Crippen LogP) is 3.44. The van der Waals surface area contributed by atoms with Gasteiger partial charge < -0.3 is 10.1 Å². The molecule has 0 aromatic heterocycles. The van der Waals surface area contributed by atoms with Crippen LogP contribution in [0.15, 0.2) is 24.3 Å². The highest BCUT2D eigenvalue weighted by Crippen LogP contribution is 2.35. The average molecular weight is 361 g/mol. The van der Waals surface area contributed by atoms with Crippen LogP contribution in [0.4, 0.5) is 13.2 Å². The van der Waals surface area contributed by atoms with Crippen molar-refractivity contribution in [2.75, 3.05) is 33.3 Å². The van der Waals surface area contributed by atoms with E-state index in [-0.39, 0.29) is 24.8 Å². The summed E-state index contributed by atoms with van der Waals surface area (Å²) >= 11 is 0. The predicted molar refractivity (Wildman–Crippen MR) is 85.3 cm³/mol. The monoisotopic (exact) mass is 360 g/mol. The first-order chi connectivity index (χ1) is 9.49. The van der Waals surface area contributed by atoms with Crippen LogP contribution in [-0.4, -0.2) is 44.4 Å². The van der Waals surface area contributed by atoms with Gasteiger partial charge in [0.25, 0.3) is 0 Å². The normalized spacial score (nSPS) is 17.1. The Morgan fingerprint density at radius 3 is 2.41 bits per heavy atom. The largest absolute Gasteiger partial charge is 0.497 e. The zero-order valence-electron chi connectivity index (χ0n) is 12.2. The van der Waals surface area contributed by atoms with Gasteiger partial charge >= 0.3 is 6.18 Å². The molecule has 1 heterocycles. The number of hydrogen-bond acceptors (Lipinski definition) is 3. The summed E-state index contributed by atoms with van der Waals surface area (Å²) in [7, 11) is 1.52. The average Bonchev–Trinajstić information content (AvgIpc) is 2.45. The number of piperazine rings is 1. The first-order valence-corrected chi connectivity index (χ1v) is 6.65. The Morgan fingerprint density at radius 1 is 1.23 bits per heavy atom. The molecule has 0 unspecified atom stereocenters. The summed E-state index contributed by atoms with van der Waals surface area (Å²) in [5.74, 6) is 0.588. The lowest BCUT2D eigenvalue weighted by molar-refractivity contribution is -0.148. The van der Waals surface area contributed by atoms with Crippen LogP contribution in [0.2, 0.25) is 0 Å². The van der Waals surface area contributed by atoms with Crippen LogP contribution in [0.3, 0.4) is 0 Å². The number of hydrogen-bond donors (Lipinski definition) is 1. The van der Waals surface area contributed by atoms with Gasteiger partial charge in [-0.1, -0.05) is 12.1 Å². The Balaban J connectivity index is 0.00000220. The fraction of sp³-hybridized carbons (Fsp3) is 0.571. The van der Waals surface area contributed by atoms with Gasteiger partial charge in [-0.2, -0.15) is 13.2 Å².